The number of nitrogens with two attached hydrogens (primary N) is 1. The maximum Gasteiger partial charge on any atom is 0.213 e. The van der Waals surface area contributed by atoms with E-state index in [1.807, 2.05) is 24.3 Å². The average molecular weight is 399 g/mol. The topological polar surface area (TPSA) is 92.7 Å². The van der Waals surface area contributed by atoms with Crippen molar-refractivity contribution < 1.29 is 9.47 Å². The molecule has 1 aliphatic rings. The summed E-state index contributed by atoms with van der Waals surface area (Å²) in [6, 6.07) is 15.0. The highest BCUT2D eigenvalue weighted by Crippen LogP contribution is 2.43. The van der Waals surface area contributed by atoms with Crippen LogP contribution in [0.4, 0.5) is 0 Å². The molecular weight excluding hydrogens is 384 g/mol. The van der Waals surface area contributed by atoms with Crippen molar-refractivity contribution in [3.05, 3.63) is 70.1 Å². The van der Waals surface area contributed by atoms with Gasteiger partial charge in [-0.2, -0.15) is 5.26 Å². The summed E-state index contributed by atoms with van der Waals surface area (Å²) < 4.78 is 11.2. The fourth-order valence-corrected chi connectivity index (χ4v) is 2.98. The third-order valence-electron chi connectivity index (χ3n) is 3.99. The van der Waals surface area contributed by atoms with Crippen LogP contribution >= 0.6 is 23.8 Å². The van der Waals surface area contributed by atoms with Gasteiger partial charge in [-0.15, -0.1) is 0 Å². The first kappa shape index (κ1) is 18.7. The fraction of sp³-hybridized carbons (Fsp3) is 0.105. The van der Waals surface area contributed by atoms with Gasteiger partial charge >= 0.3 is 0 Å². The maximum absolute atomic E-state index is 9.81. The molecule has 0 aromatic heterocycles. The largest absolute Gasteiger partial charge is 0.497 e. The number of thiocarbonyl (C=S) groups is 1. The molecule has 1 atom stereocenters. The number of nitrogens with zero attached hydrogens (tertiary/aromatic N) is 2. The average Bonchev–Trinajstić information content (AvgIpc) is 2.67. The summed E-state index contributed by atoms with van der Waals surface area (Å²) in [4.78, 5) is 3.79. The number of allylic oxidation sites excluding steroid dienone is 1. The minimum Gasteiger partial charge on any atom is -0.497 e. The molecule has 136 valence electrons. The number of methoxy groups -OCH3 is 1. The van der Waals surface area contributed by atoms with E-state index in [1.54, 1.807) is 25.3 Å². The first-order valence-electron chi connectivity index (χ1n) is 7.87. The second kappa shape index (κ2) is 8.08. The lowest BCUT2D eigenvalue weighted by atomic mass is 9.83. The van der Waals surface area contributed by atoms with Gasteiger partial charge < -0.3 is 20.5 Å². The van der Waals surface area contributed by atoms with Gasteiger partial charge in [0.25, 0.3) is 0 Å². The quantitative estimate of drug-likeness (QED) is 0.465. The number of hydrogen-bond donors (Lipinski definition) is 2. The predicted molar refractivity (Wildman–Crippen MR) is 108 cm³/mol. The van der Waals surface area contributed by atoms with E-state index in [-0.39, 0.29) is 16.9 Å². The third-order valence-corrected chi connectivity index (χ3v) is 4.35. The molecule has 0 spiro atoms. The smallest absolute Gasteiger partial charge is 0.213 e. The van der Waals surface area contributed by atoms with Gasteiger partial charge in [-0.25, -0.2) is 4.99 Å². The van der Waals surface area contributed by atoms with Crippen molar-refractivity contribution in [2.45, 2.75) is 5.92 Å². The Bertz CT molecular complexity index is 980. The Balaban J connectivity index is 2.13. The van der Waals surface area contributed by atoms with Crippen LogP contribution in [0.2, 0.25) is 5.02 Å². The summed E-state index contributed by atoms with van der Waals surface area (Å²) in [7, 11) is 1.58. The van der Waals surface area contributed by atoms with E-state index in [0.29, 0.717) is 22.1 Å². The van der Waals surface area contributed by atoms with Gasteiger partial charge in [0.2, 0.25) is 5.88 Å². The van der Waals surface area contributed by atoms with Crippen molar-refractivity contribution in [1.82, 2.24) is 5.32 Å². The first-order valence-corrected chi connectivity index (χ1v) is 8.66. The molecule has 0 fully saturated rings. The lowest BCUT2D eigenvalue weighted by Crippen LogP contribution is -2.26. The highest BCUT2D eigenvalue weighted by molar-refractivity contribution is 7.80. The van der Waals surface area contributed by atoms with E-state index in [0.717, 1.165) is 11.1 Å². The number of ether oxygens (including phenoxy) is 2. The lowest BCUT2D eigenvalue weighted by Gasteiger charge is -2.28. The molecule has 0 aliphatic carbocycles. The van der Waals surface area contributed by atoms with Gasteiger partial charge in [0, 0.05) is 16.7 Å². The second-order valence-corrected chi connectivity index (χ2v) is 6.44. The Labute approximate surface area is 166 Å². The Hall–Kier alpha value is -3.08. The number of hydrogen-bond acceptors (Lipinski definition) is 4. The zero-order valence-electron chi connectivity index (χ0n) is 14.3. The van der Waals surface area contributed by atoms with Crippen LogP contribution in [0.5, 0.6) is 11.5 Å². The molecule has 0 saturated carbocycles. The molecule has 0 amide bonds. The van der Waals surface area contributed by atoms with Gasteiger partial charge in [-0.05, 0) is 36.0 Å². The molecule has 6 nitrogen and oxygen atoms in total. The molecule has 3 N–H and O–H groups in total. The van der Waals surface area contributed by atoms with E-state index < -0.39 is 0 Å². The normalized spacial score (nSPS) is 15.7. The highest BCUT2D eigenvalue weighted by atomic mass is 35.5. The van der Waals surface area contributed by atoms with Crippen molar-refractivity contribution in [1.29, 1.82) is 5.26 Å². The highest BCUT2D eigenvalue weighted by Gasteiger charge is 2.31. The summed E-state index contributed by atoms with van der Waals surface area (Å²) in [6.07, 6.45) is 1.29. The number of aliphatic imine (C=N–C) groups is 1. The summed E-state index contributed by atoms with van der Waals surface area (Å²) in [5.74, 6) is 1.11. The first-order chi connectivity index (χ1) is 13.0. The molecule has 27 heavy (non-hydrogen) atoms. The molecule has 0 bridgehead atoms. The summed E-state index contributed by atoms with van der Waals surface area (Å²) in [5.41, 5.74) is 7.50. The number of halogens is 1. The van der Waals surface area contributed by atoms with Crippen LogP contribution in [0.25, 0.3) is 0 Å². The van der Waals surface area contributed by atoms with Crippen LogP contribution in [-0.4, -0.2) is 18.6 Å². The van der Waals surface area contributed by atoms with Gasteiger partial charge in [0.15, 0.2) is 5.11 Å². The maximum atomic E-state index is 9.81. The summed E-state index contributed by atoms with van der Waals surface area (Å²) in [5, 5.41) is 13.2. The SMILES string of the molecule is COc1ccc2c(c1)OC(N/C=N/C(N)=S)=C(C#N)C2c1ccc(Cl)cc1. The molecule has 8 heteroatoms. The number of benzene rings is 2. The molecule has 3 rings (SSSR count). The molecule has 0 radical (unpaired) electrons. The van der Waals surface area contributed by atoms with Gasteiger partial charge in [-0.1, -0.05) is 29.8 Å². The summed E-state index contributed by atoms with van der Waals surface area (Å²) in [6.45, 7) is 0. The van der Waals surface area contributed by atoms with Crippen molar-refractivity contribution >= 4 is 35.3 Å². The Morgan fingerprint density at radius 1 is 1.37 bits per heavy atom. The Kier molecular flexibility index (Phi) is 5.60. The molecule has 2 aromatic carbocycles. The predicted octanol–water partition coefficient (Wildman–Crippen LogP) is 3.47. The van der Waals surface area contributed by atoms with Crippen molar-refractivity contribution in [3.8, 4) is 17.6 Å². The zero-order valence-corrected chi connectivity index (χ0v) is 15.8. The van der Waals surface area contributed by atoms with Crippen LogP contribution < -0.4 is 20.5 Å². The Morgan fingerprint density at radius 3 is 2.74 bits per heavy atom. The number of nitrogens with one attached hydrogen (secondary N) is 1. The second-order valence-electron chi connectivity index (χ2n) is 5.59. The fourth-order valence-electron chi connectivity index (χ4n) is 2.80. The number of rotatable bonds is 4. The molecule has 1 heterocycles. The van der Waals surface area contributed by atoms with Crippen LogP contribution in [0.1, 0.15) is 17.0 Å². The van der Waals surface area contributed by atoms with Crippen molar-refractivity contribution in [2.24, 2.45) is 10.7 Å². The van der Waals surface area contributed by atoms with E-state index in [9.17, 15) is 5.26 Å². The van der Waals surface area contributed by atoms with Crippen LogP contribution in [0.3, 0.4) is 0 Å². The molecular formula is C19H15ClN4O2S. The minimum absolute atomic E-state index is 0.0336. The van der Waals surface area contributed by atoms with Crippen molar-refractivity contribution in [2.75, 3.05) is 7.11 Å². The summed E-state index contributed by atoms with van der Waals surface area (Å²) >= 11 is 10.7. The van der Waals surface area contributed by atoms with E-state index in [4.69, 9.17) is 39.0 Å². The van der Waals surface area contributed by atoms with E-state index >= 15 is 0 Å². The molecule has 1 unspecified atom stereocenters. The standard InChI is InChI=1S/C19H15ClN4O2S/c1-25-13-6-7-14-16(8-13)26-18(23-10-24-19(22)27)15(9-21)17(14)11-2-4-12(20)5-3-11/h2-8,10,17H,1H3,(H3,22,23,24,27). The van der Waals surface area contributed by atoms with Crippen molar-refractivity contribution in [3.63, 3.8) is 0 Å². The van der Waals surface area contributed by atoms with Crippen LogP contribution in [0.15, 0.2) is 58.9 Å². The number of fused-ring (bicyclic) bond motifs is 1. The Morgan fingerprint density at radius 2 is 2.11 bits per heavy atom. The van der Waals surface area contributed by atoms with Gasteiger partial charge in [-0.3, -0.25) is 0 Å². The van der Waals surface area contributed by atoms with Gasteiger partial charge in [0.1, 0.15) is 23.1 Å². The minimum atomic E-state index is -0.345. The van der Waals surface area contributed by atoms with E-state index in [2.05, 4.69) is 16.4 Å². The van der Waals surface area contributed by atoms with E-state index in [1.165, 1.54) is 6.34 Å². The molecule has 0 saturated heterocycles. The lowest BCUT2D eigenvalue weighted by molar-refractivity contribution is 0.370. The van der Waals surface area contributed by atoms with Crippen LogP contribution in [0, 0.1) is 11.3 Å². The monoisotopic (exact) mass is 398 g/mol. The third kappa shape index (κ3) is 4.03. The van der Waals surface area contributed by atoms with Crippen LogP contribution in [-0.2, 0) is 0 Å². The van der Waals surface area contributed by atoms with Gasteiger partial charge in [0.05, 0.1) is 19.4 Å². The molecule has 2 aromatic rings. The zero-order chi connectivity index (χ0) is 19.4. The number of nitriles is 1. The molecule has 1 aliphatic heterocycles.